The Hall–Kier alpha value is -1.37. The molecule has 1 aromatic heterocycles. The molecule has 2 heterocycles. The summed E-state index contributed by atoms with van der Waals surface area (Å²) in [5.41, 5.74) is 1.85. The van der Waals surface area contributed by atoms with Crippen LogP contribution in [-0.2, 0) is 9.47 Å². The molecule has 2 fully saturated rings. The van der Waals surface area contributed by atoms with Gasteiger partial charge in [-0.2, -0.15) is 0 Å². The Labute approximate surface area is 155 Å². The van der Waals surface area contributed by atoms with Crippen LogP contribution in [0.4, 0.5) is 0 Å². The second kappa shape index (κ2) is 6.74. The molecule has 3 atom stereocenters. The molecule has 134 valence electrons. The van der Waals surface area contributed by atoms with Crippen molar-refractivity contribution < 1.29 is 18.7 Å². The van der Waals surface area contributed by atoms with Gasteiger partial charge in [-0.15, -0.1) is 0 Å². The molecule has 0 radical (unpaired) electrons. The lowest BCUT2D eigenvalue weighted by atomic mass is 9.88. The van der Waals surface area contributed by atoms with Crippen LogP contribution in [0.3, 0.4) is 0 Å². The molecule has 2 aliphatic rings. The van der Waals surface area contributed by atoms with Crippen LogP contribution in [-0.4, -0.2) is 49.3 Å². The summed E-state index contributed by atoms with van der Waals surface area (Å²) in [5.74, 6) is 0.331. The van der Waals surface area contributed by atoms with E-state index in [4.69, 9.17) is 13.9 Å². The third-order valence-corrected chi connectivity index (χ3v) is 5.88. The zero-order chi connectivity index (χ0) is 17.6. The number of halogens is 1. The highest BCUT2D eigenvalue weighted by Crippen LogP contribution is 2.33. The van der Waals surface area contributed by atoms with Crippen molar-refractivity contribution in [3.8, 4) is 0 Å². The number of ether oxygens (including phenoxy) is 2. The molecule has 3 unspecified atom stereocenters. The van der Waals surface area contributed by atoms with Gasteiger partial charge in [-0.25, -0.2) is 0 Å². The molecule has 1 aromatic carbocycles. The van der Waals surface area contributed by atoms with Crippen molar-refractivity contribution in [3.05, 3.63) is 34.0 Å². The summed E-state index contributed by atoms with van der Waals surface area (Å²) in [6.45, 7) is 3.19. The number of fused-ring (bicyclic) bond motifs is 2. The number of methoxy groups -OCH3 is 1. The van der Waals surface area contributed by atoms with E-state index in [1.807, 2.05) is 30.0 Å². The van der Waals surface area contributed by atoms with E-state index >= 15 is 0 Å². The Morgan fingerprint density at radius 2 is 2.16 bits per heavy atom. The quantitative estimate of drug-likeness (QED) is 0.756. The van der Waals surface area contributed by atoms with Gasteiger partial charge in [0.25, 0.3) is 5.91 Å². The number of rotatable bonds is 2. The fourth-order valence-electron chi connectivity index (χ4n) is 4.04. The van der Waals surface area contributed by atoms with E-state index in [1.165, 1.54) is 0 Å². The van der Waals surface area contributed by atoms with Crippen molar-refractivity contribution in [2.24, 2.45) is 0 Å². The molecular weight excluding hydrogens is 386 g/mol. The van der Waals surface area contributed by atoms with Crippen LogP contribution >= 0.6 is 15.9 Å². The number of benzene rings is 1. The molecule has 6 heteroatoms. The van der Waals surface area contributed by atoms with Gasteiger partial charge in [-0.1, -0.05) is 0 Å². The summed E-state index contributed by atoms with van der Waals surface area (Å²) in [6.07, 6.45) is 3.01. The van der Waals surface area contributed by atoms with Crippen molar-refractivity contribution in [3.63, 3.8) is 0 Å². The fraction of sp³-hybridized carbons (Fsp3) is 0.526. The van der Waals surface area contributed by atoms with Gasteiger partial charge in [0.15, 0.2) is 5.76 Å². The average molecular weight is 408 g/mol. The number of aryl methyl sites for hydroxylation is 1. The molecule has 4 rings (SSSR count). The molecule has 0 spiro atoms. The molecule has 1 amide bonds. The summed E-state index contributed by atoms with van der Waals surface area (Å²) >= 11 is 3.52. The Bertz CT molecular complexity index is 802. The number of hydrogen-bond donors (Lipinski definition) is 0. The number of morpholine rings is 1. The van der Waals surface area contributed by atoms with E-state index in [2.05, 4.69) is 15.9 Å². The predicted octanol–water partition coefficient (Wildman–Crippen LogP) is 3.91. The van der Waals surface area contributed by atoms with E-state index in [-0.39, 0.29) is 24.2 Å². The summed E-state index contributed by atoms with van der Waals surface area (Å²) in [5, 5.41) is 0.943. The van der Waals surface area contributed by atoms with Crippen LogP contribution in [0.2, 0.25) is 0 Å². The third-order valence-electron chi connectivity index (χ3n) is 5.29. The molecule has 0 N–H and O–H groups in total. The molecule has 5 nitrogen and oxygen atoms in total. The normalized spacial score (nSPS) is 26.7. The second-order valence-corrected chi connectivity index (χ2v) is 7.78. The van der Waals surface area contributed by atoms with Gasteiger partial charge >= 0.3 is 0 Å². The number of amides is 1. The van der Waals surface area contributed by atoms with Crippen LogP contribution in [0.25, 0.3) is 11.0 Å². The van der Waals surface area contributed by atoms with Crippen molar-refractivity contribution in [1.29, 1.82) is 0 Å². The summed E-state index contributed by atoms with van der Waals surface area (Å²) in [7, 11) is 1.74. The van der Waals surface area contributed by atoms with E-state index in [0.717, 1.165) is 40.3 Å². The van der Waals surface area contributed by atoms with Gasteiger partial charge in [-0.05, 0) is 65.9 Å². The summed E-state index contributed by atoms with van der Waals surface area (Å²) < 4.78 is 18.2. The molecule has 2 aromatic rings. The molecule has 1 aliphatic carbocycles. The van der Waals surface area contributed by atoms with Gasteiger partial charge in [0.1, 0.15) is 5.58 Å². The first-order valence-corrected chi connectivity index (χ1v) is 9.51. The lowest BCUT2D eigenvalue weighted by Crippen LogP contribution is -2.56. The first kappa shape index (κ1) is 17.1. The van der Waals surface area contributed by atoms with Crippen LogP contribution in [0, 0.1) is 6.92 Å². The number of furan rings is 1. The fourth-order valence-corrected chi connectivity index (χ4v) is 4.71. The minimum Gasteiger partial charge on any atom is -0.450 e. The Kier molecular flexibility index (Phi) is 4.60. The topological polar surface area (TPSA) is 51.9 Å². The predicted molar refractivity (Wildman–Crippen MR) is 97.9 cm³/mol. The molecule has 1 aliphatic heterocycles. The van der Waals surface area contributed by atoms with E-state index in [9.17, 15) is 4.79 Å². The van der Waals surface area contributed by atoms with Gasteiger partial charge in [0.05, 0.1) is 29.3 Å². The molecule has 1 saturated carbocycles. The largest absolute Gasteiger partial charge is 0.450 e. The lowest BCUT2D eigenvalue weighted by Gasteiger charge is -2.45. The summed E-state index contributed by atoms with van der Waals surface area (Å²) in [4.78, 5) is 15.1. The maximum atomic E-state index is 13.1. The van der Waals surface area contributed by atoms with E-state index in [0.29, 0.717) is 18.9 Å². The van der Waals surface area contributed by atoms with Gasteiger partial charge in [0, 0.05) is 19.0 Å². The third kappa shape index (κ3) is 3.11. The minimum absolute atomic E-state index is 0.0540. The second-order valence-electron chi connectivity index (χ2n) is 6.92. The lowest BCUT2D eigenvalue weighted by molar-refractivity contribution is -0.101. The first-order valence-electron chi connectivity index (χ1n) is 8.72. The first-order chi connectivity index (χ1) is 12.1. The monoisotopic (exact) mass is 407 g/mol. The maximum Gasteiger partial charge on any atom is 0.290 e. The Morgan fingerprint density at radius 3 is 2.96 bits per heavy atom. The van der Waals surface area contributed by atoms with Gasteiger partial charge < -0.3 is 18.8 Å². The SMILES string of the molecule is COC1CCC2OCCN(C(=O)c3cc4cc(C)cc(Br)c4o3)C2C1. The zero-order valence-corrected chi connectivity index (χ0v) is 16.0. The average Bonchev–Trinajstić information content (AvgIpc) is 3.04. The summed E-state index contributed by atoms with van der Waals surface area (Å²) in [6, 6.07) is 5.92. The maximum absolute atomic E-state index is 13.1. The molecule has 25 heavy (non-hydrogen) atoms. The zero-order valence-electron chi connectivity index (χ0n) is 14.5. The van der Waals surface area contributed by atoms with Crippen LogP contribution in [0.1, 0.15) is 35.4 Å². The van der Waals surface area contributed by atoms with Gasteiger partial charge in [-0.3, -0.25) is 4.79 Å². The smallest absolute Gasteiger partial charge is 0.290 e. The van der Waals surface area contributed by atoms with E-state index in [1.54, 1.807) is 7.11 Å². The highest BCUT2D eigenvalue weighted by molar-refractivity contribution is 9.10. The number of hydrogen-bond acceptors (Lipinski definition) is 4. The molecular formula is C19H22BrNO4. The standard InChI is InChI=1S/C19H22BrNO4/c1-11-7-12-9-17(25-18(12)14(20)8-11)19(22)21-5-6-24-16-4-3-13(23-2)10-15(16)21/h7-9,13,15-16H,3-6,10H2,1-2H3. The Morgan fingerprint density at radius 1 is 1.32 bits per heavy atom. The Balaban J connectivity index is 1.64. The number of carbonyl (C=O) groups is 1. The van der Waals surface area contributed by atoms with Crippen LogP contribution < -0.4 is 0 Å². The number of nitrogens with zero attached hydrogens (tertiary/aromatic N) is 1. The highest BCUT2D eigenvalue weighted by atomic mass is 79.9. The molecule has 1 saturated heterocycles. The van der Waals surface area contributed by atoms with Crippen LogP contribution in [0.5, 0.6) is 0 Å². The molecule has 0 bridgehead atoms. The number of carbonyl (C=O) groups excluding carboxylic acids is 1. The highest BCUT2D eigenvalue weighted by Gasteiger charge is 2.41. The minimum atomic E-state index is -0.0594. The van der Waals surface area contributed by atoms with Crippen LogP contribution in [0.15, 0.2) is 27.1 Å². The van der Waals surface area contributed by atoms with E-state index < -0.39 is 0 Å². The van der Waals surface area contributed by atoms with Crippen molar-refractivity contribution in [1.82, 2.24) is 4.90 Å². The van der Waals surface area contributed by atoms with Crippen molar-refractivity contribution in [2.45, 2.75) is 44.4 Å². The van der Waals surface area contributed by atoms with Crippen molar-refractivity contribution in [2.75, 3.05) is 20.3 Å². The van der Waals surface area contributed by atoms with Gasteiger partial charge in [0.2, 0.25) is 0 Å². The van der Waals surface area contributed by atoms with Crippen molar-refractivity contribution >= 4 is 32.8 Å².